The number of aryl methyl sites for hydroxylation is 3. The Morgan fingerprint density at radius 1 is 1.00 bits per heavy atom. The number of hydrogen-bond donors (Lipinski definition) is 2. The van der Waals surface area contributed by atoms with Crippen molar-refractivity contribution in [1.29, 1.82) is 0 Å². The van der Waals surface area contributed by atoms with E-state index in [-0.39, 0.29) is 18.9 Å². The first kappa shape index (κ1) is 32.3. The van der Waals surface area contributed by atoms with Crippen LogP contribution in [-0.4, -0.2) is 67.1 Å². The third kappa shape index (κ3) is 8.64. The maximum atomic E-state index is 13.5. The van der Waals surface area contributed by atoms with Crippen LogP contribution in [0.1, 0.15) is 77.2 Å². The lowest BCUT2D eigenvalue weighted by atomic mass is 10.1. The molecule has 12 nitrogen and oxygen atoms in total. The van der Waals surface area contributed by atoms with E-state index in [0.717, 1.165) is 24.1 Å². The van der Waals surface area contributed by atoms with Crippen molar-refractivity contribution in [2.24, 2.45) is 7.05 Å². The van der Waals surface area contributed by atoms with Gasteiger partial charge in [-0.25, -0.2) is 9.78 Å². The molecule has 3 rings (SSSR count). The zero-order chi connectivity index (χ0) is 30.6. The van der Waals surface area contributed by atoms with Crippen molar-refractivity contribution in [1.82, 2.24) is 19.7 Å². The van der Waals surface area contributed by atoms with Gasteiger partial charge in [0.2, 0.25) is 5.88 Å². The summed E-state index contributed by atoms with van der Waals surface area (Å²) in [7, 11) is 1.80. The zero-order valence-corrected chi connectivity index (χ0v) is 24.8. The Hall–Kier alpha value is -4.22. The molecule has 2 N–H and O–H groups in total. The molecule has 2 heterocycles. The van der Waals surface area contributed by atoms with Crippen LogP contribution in [0.15, 0.2) is 24.3 Å². The second kappa shape index (κ2) is 15.7. The minimum absolute atomic E-state index is 0.0692. The SMILES string of the molecule is CCCc1nn(C)c2c(OCC(=O)N(CCCCCC(=O)O)c3ccc(OC(CCC)C(=O)O)cc3)nc(CC)nc12. The van der Waals surface area contributed by atoms with Crippen LogP contribution in [0.3, 0.4) is 0 Å². The van der Waals surface area contributed by atoms with E-state index in [1.165, 1.54) is 0 Å². The summed E-state index contributed by atoms with van der Waals surface area (Å²) in [6.07, 6.45) is 4.16. The highest BCUT2D eigenvalue weighted by Crippen LogP contribution is 2.27. The number of unbranched alkanes of at least 4 members (excludes halogenated alkanes) is 2. The topological polar surface area (TPSA) is 157 Å². The fourth-order valence-electron chi connectivity index (χ4n) is 4.61. The molecular formula is C30H41N5O7. The van der Waals surface area contributed by atoms with E-state index in [0.29, 0.717) is 73.7 Å². The second-order valence-corrected chi connectivity index (χ2v) is 10.1. The summed E-state index contributed by atoms with van der Waals surface area (Å²) in [5.74, 6) is -0.908. The third-order valence-electron chi connectivity index (χ3n) is 6.73. The number of aromatic nitrogens is 4. The third-order valence-corrected chi connectivity index (χ3v) is 6.73. The van der Waals surface area contributed by atoms with Gasteiger partial charge in [0, 0.05) is 32.1 Å². The molecule has 1 atom stereocenters. The lowest BCUT2D eigenvalue weighted by Gasteiger charge is -2.23. The molecule has 1 unspecified atom stereocenters. The van der Waals surface area contributed by atoms with Gasteiger partial charge in [-0.05, 0) is 49.9 Å². The average molecular weight is 584 g/mol. The second-order valence-electron chi connectivity index (χ2n) is 10.1. The number of benzene rings is 1. The zero-order valence-electron chi connectivity index (χ0n) is 24.8. The number of fused-ring (bicyclic) bond motifs is 1. The Labute approximate surface area is 245 Å². The summed E-state index contributed by atoms with van der Waals surface area (Å²) in [5, 5.41) is 22.9. The highest BCUT2D eigenvalue weighted by molar-refractivity contribution is 5.94. The number of carbonyl (C=O) groups excluding carboxylic acids is 1. The van der Waals surface area contributed by atoms with E-state index in [9.17, 15) is 19.5 Å². The first-order chi connectivity index (χ1) is 20.2. The van der Waals surface area contributed by atoms with Crippen LogP contribution in [0.4, 0.5) is 5.69 Å². The molecule has 0 radical (unpaired) electrons. The van der Waals surface area contributed by atoms with Gasteiger partial charge in [-0.15, -0.1) is 0 Å². The van der Waals surface area contributed by atoms with Gasteiger partial charge in [-0.3, -0.25) is 14.3 Å². The predicted molar refractivity (Wildman–Crippen MR) is 157 cm³/mol. The van der Waals surface area contributed by atoms with E-state index in [1.54, 1.807) is 40.9 Å². The highest BCUT2D eigenvalue weighted by atomic mass is 16.5. The van der Waals surface area contributed by atoms with E-state index < -0.39 is 18.0 Å². The molecule has 0 saturated heterocycles. The summed E-state index contributed by atoms with van der Waals surface area (Å²) in [4.78, 5) is 46.7. The summed E-state index contributed by atoms with van der Waals surface area (Å²) in [6, 6.07) is 6.68. The maximum Gasteiger partial charge on any atom is 0.344 e. The van der Waals surface area contributed by atoms with Gasteiger partial charge in [-0.1, -0.05) is 40.0 Å². The molecular weight excluding hydrogens is 542 g/mol. The number of hydrogen-bond acceptors (Lipinski definition) is 8. The average Bonchev–Trinajstić information content (AvgIpc) is 3.28. The van der Waals surface area contributed by atoms with Gasteiger partial charge in [-0.2, -0.15) is 10.1 Å². The number of rotatable bonds is 18. The van der Waals surface area contributed by atoms with E-state index in [1.807, 2.05) is 13.8 Å². The maximum absolute atomic E-state index is 13.5. The van der Waals surface area contributed by atoms with Gasteiger partial charge >= 0.3 is 11.9 Å². The summed E-state index contributed by atoms with van der Waals surface area (Å²) in [5.41, 5.74) is 2.80. The van der Waals surface area contributed by atoms with Crippen LogP contribution in [-0.2, 0) is 34.3 Å². The molecule has 0 aliphatic heterocycles. The largest absolute Gasteiger partial charge is 0.481 e. The van der Waals surface area contributed by atoms with Crippen molar-refractivity contribution in [2.75, 3.05) is 18.1 Å². The summed E-state index contributed by atoms with van der Waals surface area (Å²) >= 11 is 0. The van der Waals surface area contributed by atoms with E-state index >= 15 is 0 Å². The Morgan fingerprint density at radius 2 is 1.74 bits per heavy atom. The summed E-state index contributed by atoms with van der Waals surface area (Å²) in [6.45, 7) is 5.98. The molecule has 0 aliphatic rings. The highest BCUT2D eigenvalue weighted by Gasteiger charge is 2.22. The first-order valence-corrected chi connectivity index (χ1v) is 14.5. The molecule has 0 fully saturated rings. The molecule has 1 aromatic carbocycles. The molecule has 2 aromatic heterocycles. The monoisotopic (exact) mass is 583 g/mol. The van der Waals surface area contributed by atoms with Crippen molar-refractivity contribution >= 4 is 34.6 Å². The fraction of sp³-hybridized carbons (Fsp3) is 0.533. The van der Waals surface area contributed by atoms with Crippen LogP contribution in [0, 0.1) is 0 Å². The van der Waals surface area contributed by atoms with Crippen LogP contribution in [0.2, 0.25) is 0 Å². The Kier molecular flexibility index (Phi) is 12.1. The van der Waals surface area contributed by atoms with Crippen LogP contribution < -0.4 is 14.4 Å². The van der Waals surface area contributed by atoms with Crippen molar-refractivity contribution in [2.45, 2.75) is 84.7 Å². The molecule has 228 valence electrons. The minimum Gasteiger partial charge on any atom is -0.481 e. The Balaban J connectivity index is 1.81. The standard InChI is InChI=1S/C30H41N5O7/c1-5-11-22-27-28(34(4)33-22)29(32-24(7-3)31-27)41-19-25(36)35(18-10-8-9-13-26(37)38)20-14-16-21(17-15-20)42-23(12-6-2)30(39)40/h14-17,23H,5-13,18-19H2,1-4H3,(H,37,38)(H,39,40). The molecule has 0 saturated carbocycles. The lowest BCUT2D eigenvalue weighted by Crippen LogP contribution is -2.36. The predicted octanol–water partition coefficient (Wildman–Crippen LogP) is 4.57. The van der Waals surface area contributed by atoms with Crippen molar-refractivity contribution in [3.63, 3.8) is 0 Å². The van der Waals surface area contributed by atoms with Crippen molar-refractivity contribution in [3.8, 4) is 11.6 Å². The molecule has 3 aromatic rings. The summed E-state index contributed by atoms with van der Waals surface area (Å²) < 4.78 is 13.3. The van der Waals surface area contributed by atoms with E-state index in [4.69, 9.17) is 14.6 Å². The number of anilines is 1. The van der Waals surface area contributed by atoms with E-state index in [2.05, 4.69) is 22.0 Å². The number of carboxylic acid groups (broad SMARTS) is 2. The number of nitrogens with zero attached hydrogens (tertiary/aromatic N) is 5. The Bertz CT molecular complexity index is 1360. The van der Waals surface area contributed by atoms with Crippen LogP contribution in [0.5, 0.6) is 11.6 Å². The molecule has 0 aliphatic carbocycles. The first-order valence-electron chi connectivity index (χ1n) is 14.5. The Morgan fingerprint density at radius 3 is 2.36 bits per heavy atom. The number of ether oxygens (including phenoxy) is 2. The van der Waals surface area contributed by atoms with Crippen LogP contribution in [0.25, 0.3) is 11.0 Å². The molecule has 0 spiro atoms. The fourth-order valence-corrected chi connectivity index (χ4v) is 4.61. The molecule has 12 heteroatoms. The molecule has 0 bridgehead atoms. The lowest BCUT2D eigenvalue weighted by molar-refractivity contribution is -0.145. The smallest absolute Gasteiger partial charge is 0.344 e. The van der Waals surface area contributed by atoms with Crippen LogP contribution >= 0.6 is 0 Å². The van der Waals surface area contributed by atoms with Gasteiger partial charge in [0.25, 0.3) is 5.91 Å². The molecule has 1 amide bonds. The van der Waals surface area contributed by atoms with Gasteiger partial charge in [0.1, 0.15) is 22.6 Å². The number of carbonyl (C=O) groups is 3. The van der Waals surface area contributed by atoms with Gasteiger partial charge < -0.3 is 24.6 Å². The quantitative estimate of drug-likeness (QED) is 0.203. The normalized spacial score (nSPS) is 11.8. The van der Waals surface area contributed by atoms with Crippen molar-refractivity contribution < 1.29 is 34.1 Å². The number of aliphatic carboxylic acids is 2. The van der Waals surface area contributed by atoms with Gasteiger partial charge in [0.15, 0.2) is 12.7 Å². The van der Waals surface area contributed by atoms with Crippen molar-refractivity contribution in [3.05, 3.63) is 35.8 Å². The number of amides is 1. The molecule has 42 heavy (non-hydrogen) atoms. The van der Waals surface area contributed by atoms with Gasteiger partial charge in [0.05, 0.1) is 5.69 Å². The number of carboxylic acids is 2. The minimum atomic E-state index is -1.03.